The number of carbonyl (C=O) groups is 1. The number of benzene rings is 1. The lowest BCUT2D eigenvalue weighted by Gasteiger charge is -2.40. The SMILES string of the molecule is N#Cc1ccccc1N1CCCC(O)(CC(=O)O)C1. The van der Waals surface area contributed by atoms with E-state index in [1.54, 1.807) is 12.1 Å². The molecule has 0 bridgehead atoms. The van der Waals surface area contributed by atoms with Crippen LogP contribution in [0.5, 0.6) is 0 Å². The van der Waals surface area contributed by atoms with Crippen LogP contribution in [0, 0.1) is 11.3 Å². The summed E-state index contributed by atoms with van der Waals surface area (Å²) in [5.74, 6) is -1.00. The van der Waals surface area contributed by atoms with Gasteiger partial charge in [-0.2, -0.15) is 5.26 Å². The van der Waals surface area contributed by atoms with Gasteiger partial charge in [-0.3, -0.25) is 4.79 Å². The van der Waals surface area contributed by atoms with E-state index in [0.29, 0.717) is 18.4 Å². The Morgan fingerprint density at radius 3 is 2.89 bits per heavy atom. The van der Waals surface area contributed by atoms with Gasteiger partial charge in [-0.15, -0.1) is 0 Å². The molecule has 1 aliphatic rings. The van der Waals surface area contributed by atoms with Crippen LogP contribution in [0.15, 0.2) is 24.3 Å². The van der Waals surface area contributed by atoms with Crippen molar-refractivity contribution in [2.45, 2.75) is 24.9 Å². The number of hydrogen-bond acceptors (Lipinski definition) is 4. The molecule has 0 aliphatic carbocycles. The summed E-state index contributed by atoms with van der Waals surface area (Å²) in [5.41, 5.74) is 0.0858. The van der Waals surface area contributed by atoms with Crippen LogP contribution in [0.2, 0.25) is 0 Å². The fourth-order valence-corrected chi connectivity index (χ4v) is 2.59. The van der Waals surface area contributed by atoms with Crippen LogP contribution in [0.4, 0.5) is 5.69 Å². The fourth-order valence-electron chi connectivity index (χ4n) is 2.59. The number of hydrogen-bond donors (Lipinski definition) is 2. The molecule has 0 amide bonds. The van der Waals surface area contributed by atoms with E-state index in [1.807, 2.05) is 17.0 Å². The zero-order valence-corrected chi connectivity index (χ0v) is 10.5. The summed E-state index contributed by atoms with van der Waals surface area (Å²) in [6.07, 6.45) is 0.923. The van der Waals surface area contributed by atoms with E-state index in [0.717, 1.165) is 12.2 Å². The molecule has 0 radical (unpaired) electrons. The van der Waals surface area contributed by atoms with E-state index in [1.165, 1.54) is 0 Å². The molecule has 5 heteroatoms. The fraction of sp³-hybridized carbons (Fsp3) is 0.429. The van der Waals surface area contributed by atoms with E-state index in [4.69, 9.17) is 10.4 Å². The smallest absolute Gasteiger partial charge is 0.306 e. The van der Waals surface area contributed by atoms with E-state index in [-0.39, 0.29) is 13.0 Å². The summed E-state index contributed by atoms with van der Waals surface area (Å²) in [6.45, 7) is 0.971. The molecule has 1 atom stereocenters. The monoisotopic (exact) mass is 260 g/mol. The van der Waals surface area contributed by atoms with Crippen molar-refractivity contribution in [2.24, 2.45) is 0 Å². The van der Waals surface area contributed by atoms with Gasteiger partial charge in [0.05, 0.1) is 23.3 Å². The number of β-amino-alcohol motifs (C(OH)–C–C–N with tert-alkyl or cyclic N) is 1. The molecule has 1 fully saturated rings. The summed E-state index contributed by atoms with van der Waals surface area (Å²) in [7, 11) is 0. The van der Waals surface area contributed by atoms with Gasteiger partial charge in [0.2, 0.25) is 0 Å². The van der Waals surface area contributed by atoms with Crippen LogP contribution < -0.4 is 4.90 Å². The highest BCUT2D eigenvalue weighted by Gasteiger charge is 2.35. The van der Waals surface area contributed by atoms with Crippen molar-refractivity contribution in [3.05, 3.63) is 29.8 Å². The maximum absolute atomic E-state index is 10.8. The number of aliphatic carboxylic acids is 1. The lowest BCUT2D eigenvalue weighted by molar-refractivity contribution is -0.142. The van der Waals surface area contributed by atoms with Gasteiger partial charge < -0.3 is 15.1 Å². The number of aliphatic hydroxyl groups is 1. The normalized spacial score (nSPS) is 22.8. The number of nitriles is 1. The Morgan fingerprint density at radius 1 is 1.47 bits per heavy atom. The molecule has 0 spiro atoms. The Hall–Kier alpha value is -2.06. The molecule has 0 saturated carbocycles. The van der Waals surface area contributed by atoms with Crippen molar-refractivity contribution in [1.29, 1.82) is 5.26 Å². The third kappa shape index (κ3) is 3.04. The number of carboxylic acid groups (broad SMARTS) is 1. The van der Waals surface area contributed by atoms with Gasteiger partial charge in [0.15, 0.2) is 0 Å². The van der Waals surface area contributed by atoms with E-state index < -0.39 is 11.6 Å². The molecule has 2 rings (SSSR count). The molecule has 19 heavy (non-hydrogen) atoms. The Morgan fingerprint density at radius 2 is 2.21 bits per heavy atom. The van der Waals surface area contributed by atoms with Crippen molar-refractivity contribution in [3.63, 3.8) is 0 Å². The Bertz CT molecular complexity index is 524. The first-order valence-electron chi connectivity index (χ1n) is 6.22. The average Bonchev–Trinajstić information content (AvgIpc) is 2.37. The molecule has 1 aromatic carbocycles. The summed E-state index contributed by atoms with van der Waals surface area (Å²) in [6, 6.07) is 9.29. The van der Waals surface area contributed by atoms with Gasteiger partial charge in [0.1, 0.15) is 6.07 Å². The largest absolute Gasteiger partial charge is 0.481 e. The zero-order chi connectivity index (χ0) is 13.9. The van der Waals surface area contributed by atoms with Crippen molar-refractivity contribution in [3.8, 4) is 6.07 Å². The minimum atomic E-state index is -1.22. The van der Waals surface area contributed by atoms with Crippen LogP contribution in [0.3, 0.4) is 0 Å². The predicted molar refractivity (Wildman–Crippen MR) is 69.8 cm³/mol. The minimum absolute atomic E-state index is 0.248. The number of piperidine rings is 1. The molecule has 5 nitrogen and oxygen atoms in total. The van der Waals surface area contributed by atoms with Gasteiger partial charge >= 0.3 is 5.97 Å². The molecular formula is C14H16N2O3. The highest BCUT2D eigenvalue weighted by atomic mass is 16.4. The first-order valence-corrected chi connectivity index (χ1v) is 6.22. The Kier molecular flexibility index (Phi) is 3.72. The minimum Gasteiger partial charge on any atom is -0.481 e. The lowest BCUT2D eigenvalue weighted by Crippen LogP contribution is -2.49. The van der Waals surface area contributed by atoms with Crippen molar-refractivity contribution >= 4 is 11.7 Å². The summed E-state index contributed by atoms with van der Waals surface area (Å²) < 4.78 is 0. The van der Waals surface area contributed by atoms with Gasteiger partial charge in [0, 0.05) is 13.1 Å². The van der Waals surface area contributed by atoms with Crippen LogP contribution in [0.25, 0.3) is 0 Å². The quantitative estimate of drug-likeness (QED) is 0.857. The van der Waals surface area contributed by atoms with Crippen LogP contribution in [-0.4, -0.2) is 34.9 Å². The van der Waals surface area contributed by atoms with Crippen molar-refractivity contribution < 1.29 is 15.0 Å². The zero-order valence-electron chi connectivity index (χ0n) is 10.5. The first kappa shape index (κ1) is 13.4. The van der Waals surface area contributed by atoms with Gasteiger partial charge in [0.25, 0.3) is 0 Å². The molecule has 1 saturated heterocycles. The van der Waals surface area contributed by atoms with E-state index >= 15 is 0 Å². The maximum atomic E-state index is 10.8. The second-order valence-corrected chi connectivity index (χ2v) is 4.95. The highest BCUT2D eigenvalue weighted by molar-refractivity contribution is 5.68. The van der Waals surface area contributed by atoms with E-state index in [2.05, 4.69) is 6.07 Å². The van der Waals surface area contributed by atoms with Crippen molar-refractivity contribution in [1.82, 2.24) is 0 Å². The number of para-hydroxylation sites is 1. The van der Waals surface area contributed by atoms with E-state index in [9.17, 15) is 9.90 Å². The van der Waals surface area contributed by atoms with Gasteiger partial charge in [-0.25, -0.2) is 0 Å². The van der Waals surface area contributed by atoms with Crippen LogP contribution in [-0.2, 0) is 4.79 Å². The molecule has 1 aromatic rings. The number of rotatable bonds is 3. The molecule has 1 aliphatic heterocycles. The third-order valence-electron chi connectivity index (χ3n) is 3.40. The Labute approximate surface area is 111 Å². The molecular weight excluding hydrogens is 244 g/mol. The molecule has 100 valence electrons. The molecule has 2 N–H and O–H groups in total. The summed E-state index contributed by atoms with van der Waals surface area (Å²) in [4.78, 5) is 12.7. The number of nitrogens with zero attached hydrogens (tertiary/aromatic N) is 2. The summed E-state index contributed by atoms with van der Waals surface area (Å²) in [5, 5.41) is 28.3. The lowest BCUT2D eigenvalue weighted by atomic mass is 9.89. The topological polar surface area (TPSA) is 84.6 Å². The maximum Gasteiger partial charge on any atom is 0.306 e. The predicted octanol–water partition coefficient (Wildman–Crippen LogP) is 1.36. The molecule has 0 aromatic heterocycles. The third-order valence-corrected chi connectivity index (χ3v) is 3.40. The van der Waals surface area contributed by atoms with Gasteiger partial charge in [-0.1, -0.05) is 12.1 Å². The second kappa shape index (κ2) is 5.29. The standard InChI is InChI=1S/C14H16N2O3/c15-9-11-4-1-2-5-12(11)16-7-3-6-14(19,10-16)8-13(17)18/h1-2,4-5,19H,3,6-8,10H2,(H,17,18). The number of carboxylic acids is 1. The van der Waals surface area contributed by atoms with Crippen LogP contribution in [0.1, 0.15) is 24.8 Å². The highest BCUT2D eigenvalue weighted by Crippen LogP contribution is 2.30. The first-order chi connectivity index (χ1) is 9.04. The number of anilines is 1. The van der Waals surface area contributed by atoms with Crippen LogP contribution >= 0.6 is 0 Å². The Balaban J connectivity index is 2.22. The molecule has 1 heterocycles. The molecule has 1 unspecified atom stereocenters. The van der Waals surface area contributed by atoms with Gasteiger partial charge in [-0.05, 0) is 25.0 Å². The summed E-state index contributed by atoms with van der Waals surface area (Å²) >= 11 is 0. The van der Waals surface area contributed by atoms with Crippen molar-refractivity contribution in [2.75, 3.05) is 18.0 Å². The average molecular weight is 260 g/mol. The second-order valence-electron chi connectivity index (χ2n) is 4.95.